The third-order valence-corrected chi connectivity index (χ3v) is 4.05. The molecule has 1 unspecified atom stereocenters. The van der Waals surface area contributed by atoms with Crippen LogP contribution in [0.4, 0.5) is 0 Å². The highest BCUT2D eigenvalue weighted by Crippen LogP contribution is 2.34. The van der Waals surface area contributed by atoms with Crippen LogP contribution in [0, 0.1) is 0 Å². The van der Waals surface area contributed by atoms with E-state index in [-0.39, 0.29) is 6.04 Å². The Balaban J connectivity index is 2.78. The highest BCUT2D eigenvalue weighted by atomic mass is 17.2. The van der Waals surface area contributed by atoms with Gasteiger partial charge in [-0.2, -0.15) is 10.2 Å². The van der Waals surface area contributed by atoms with E-state index in [0.717, 1.165) is 31.2 Å². The van der Waals surface area contributed by atoms with Gasteiger partial charge in [-0.3, -0.25) is 0 Å². The van der Waals surface area contributed by atoms with Gasteiger partial charge < -0.3 is 0 Å². The first kappa shape index (κ1) is 19.8. The van der Waals surface area contributed by atoms with Crippen LogP contribution in [-0.4, -0.2) is 11.8 Å². The molecule has 4 heteroatoms. The molecule has 0 fully saturated rings. The summed E-state index contributed by atoms with van der Waals surface area (Å²) in [7, 11) is 0. The Bertz CT molecular complexity index is 468. The van der Waals surface area contributed by atoms with Gasteiger partial charge >= 0.3 is 0 Å². The lowest BCUT2D eigenvalue weighted by Crippen LogP contribution is -2.33. The lowest BCUT2D eigenvalue weighted by molar-refractivity contribution is -0.413. The van der Waals surface area contributed by atoms with Crippen LogP contribution < -0.4 is 0 Å². The van der Waals surface area contributed by atoms with Gasteiger partial charge in [-0.25, -0.2) is 9.78 Å². The molecular formula is C19H32N2O2. The molecule has 0 aromatic heterocycles. The molecule has 130 valence electrons. The van der Waals surface area contributed by atoms with Crippen molar-refractivity contribution in [2.75, 3.05) is 0 Å². The van der Waals surface area contributed by atoms with Crippen LogP contribution in [0.2, 0.25) is 0 Å². The third kappa shape index (κ3) is 6.04. The molecule has 0 aliphatic carbocycles. The molecular weight excluding hydrogens is 288 g/mol. The van der Waals surface area contributed by atoms with E-state index in [1.165, 1.54) is 0 Å². The van der Waals surface area contributed by atoms with E-state index in [1.54, 1.807) is 0 Å². The number of nitrogens with zero attached hydrogens (tertiary/aromatic N) is 2. The maximum atomic E-state index is 5.92. The zero-order valence-corrected chi connectivity index (χ0v) is 15.5. The van der Waals surface area contributed by atoms with Gasteiger partial charge in [0, 0.05) is 0 Å². The Hall–Kier alpha value is -1.26. The summed E-state index contributed by atoms with van der Waals surface area (Å²) in [5.74, 6) is 0. The zero-order chi connectivity index (χ0) is 17.3. The summed E-state index contributed by atoms with van der Waals surface area (Å²) in [6.07, 6.45) is 3.78. The van der Waals surface area contributed by atoms with Crippen molar-refractivity contribution >= 4 is 0 Å². The number of azo groups is 1. The minimum absolute atomic E-state index is 0.208. The van der Waals surface area contributed by atoms with Crippen molar-refractivity contribution in [3.63, 3.8) is 0 Å². The molecule has 0 amide bonds. The lowest BCUT2D eigenvalue weighted by Gasteiger charge is -2.33. The molecule has 0 N–H and O–H groups in total. The van der Waals surface area contributed by atoms with Crippen LogP contribution in [0.15, 0.2) is 40.6 Å². The summed E-state index contributed by atoms with van der Waals surface area (Å²) >= 11 is 0. The van der Waals surface area contributed by atoms with Gasteiger partial charge in [0.15, 0.2) is 0 Å². The molecule has 4 nitrogen and oxygen atoms in total. The van der Waals surface area contributed by atoms with Crippen molar-refractivity contribution in [1.82, 2.24) is 0 Å². The number of hydrogen-bond acceptors (Lipinski definition) is 4. The van der Waals surface area contributed by atoms with Gasteiger partial charge in [0.25, 0.3) is 0 Å². The topological polar surface area (TPSA) is 43.2 Å². The molecule has 0 aliphatic rings. The Morgan fingerprint density at radius 1 is 1.00 bits per heavy atom. The van der Waals surface area contributed by atoms with E-state index in [2.05, 4.69) is 50.1 Å². The fourth-order valence-electron chi connectivity index (χ4n) is 2.48. The van der Waals surface area contributed by atoms with Crippen molar-refractivity contribution in [3.8, 4) is 0 Å². The average Bonchev–Trinajstić information content (AvgIpc) is 2.56. The van der Waals surface area contributed by atoms with Gasteiger partial charge in [-0.05, 0) is 45.6 Å². The zero-order valence-electron chi connectivity index (χ0n) is 15.5. The van der Waals surface area contributed by atoms with Gasteiger partial charge in [0.2, 0.25) is 5.72 Å². The summed E-state index contributed by atoms with van der Waals surface area (Å²) < 4.78 is 0. The Labute approximate surface area is 141 Å². The second-order valence-electron chi connectivity index (χ2n) is 6.53. The minimum atomic E-state index is -0.799. The van der Waals surface area contributed by atoms with Crippen molar-refractivity contribution in [1.29, 1.82) is 0 Å². The molecule has 0 saturated heterocycles. The van der Waals surface area contributed by atoms with E-state index in [1.807, 2.05) is 32.0 Å². The van der Waals surface area contributed by atoms with Gasteiger partial charge in [-0.15, -0.1) is 0 Å². The predicted molar refractivity (Wildman–Crippen MR) is 94.2 cm³/mol. The summed E-state index contributed by atoms with van der Waals surface area (Å²) in [5, 5.41) is 8.65. The molecule has 0 heterocycles. The average molecular weight is 320 g/mol. The van der Waals surface area contributed by atoms with E-state index < -0.39 is 11.3 Å². The van der Waals surface area contributed by atoms with Crippen LogP contribution in [0.3, 0.4) is 0 Å². The first-order chi connectivity index (χ1) is 10.9. The number of rotatable bonds is 10. The van der Waals surface area contributed by atoms with Gasteiger partial charge in [0.05, 0.1) is 6.04 Å². The first-order valence-electron chi connectivity index (χ1n) is 8.73. The molecule has 0 bridgehead atoms. The van der Waals surface area contributed by atoms with Crippen LogP contribution in [0.5, 0.6) is 0 Å². The molecule has 1 aromatic carbocycles. The largest absolute Gasteiger partial charge is 0.223 e. The number of benzene rings is 1. The molecule has 1 rings (SSSR count). The highest BCUT2D eigenvalue weighted by molar-refractivity contribution is 5.22. The maximum Gasteiger partial charge on any atom is 0.206 e. The molecule has 1 aromatic rings. The molecule has 0 spiro atoms. The van der Waals surface area contributed by atoms with Crippen molar-refractivity contribution in [2.24, 2.45) is 10.2 Å². The van der Waals surface area contributed by atoms with E-state index >= 15 is 0 Å². The summed E-state index contributed by atoms with van der Waals surface area (Å²) in [6, 6.07) is 10.4. The molecule has 0 radical (unpaired) electrons. The van der Waals surface area contributed by atoms with Crippen molar-refractivity contribution in [2.45, 2.75) is 84.6 Å². The SMILES string of the molecule is CCCC(C)N=NC(C)(C)OOC(CC)(CC)c1ccccc1. The highest BCUT2D eigenvalue weighted by Gasteiger charge is 2.34. The molecule has 0 aliphatic heterocycles. The van der Waals surface area contributed by atoms with Crippen molar-refractivity contribution < 1.29 is 9.78 Å². The van der Waals surface area contributed by atoms with Gasteiger partial charge in [-0.1, -0.05) is 57.5 Å². The van der Waals surface area contributed by atoms with Crippen molar-refractivity contribution in [3.05, 3.63) is 35.9 Å². The van der Waals surface area contributed by atoms with Crippen LogP contribution in [-0.2, 0) is 15.4 Å². The Morgan fingerprint density at radius 3 is 2.13 bits per heavy atom. The van der Waals surface area contributed by atoms with Crippen LogP contribution in [0.1, 0.15) is 72.8 Å². The van der Waals surface area contributed by atoms with E-state index in [0.29, 0.717) is 0 Å². The monoisotopic (exact) mass is 320 g/mol. The molecule has 23 heavy (non-hydrogen) atoms. The smallest absolute Gasteiger partial charge is 0.206 e. The lowest BCUT2D eigenvalue weighted by atomic mass is 9.89. The summed E-state index contributed by atoms with van der Waals surface area (Å²) in [5.41, 5.74) is -0.132. The van der Waals surface area contributed by atoms with Crippen LogP contribution >= 0.6 is 0 Å². The summed E-state index contributed by atoms with van der Waals surface area (Å²) in [6.45, 7) is 12.2. The van der Waals surface area contributed by atoms with E-state index in [4.69, 9.17) is 9.78 Å². The second-order valence-corrected chi connectivity index (χ2v) is 6.53. The molecule has 0 saturated carbocycles. The Kier molecular flexibility index (Phi) is 7.86. The Morgan fingerprint density at radius 2 is 1.61 bits per heavy atom. The predicted octanol–water partition coefficient (Wildman–Crippen LogP) is 6.03. The maximum absolute atomic E-state index is 5.92. The second kappa shape index (κ2) is 9.14. The van der Waals surface area contributed by atoms with Crippen LogP contribution in [0.25, 0.3) is 0 Å². The third-order valence-electron chi connectivity index (χ3n) is 4.05. The fraction of sp³-hybridized carbons (Fsp3) is 0.684. The molecule has 1 atom stereocenters. The van der Waals surface area contributed by atoms with Gasteiger partial charge in [0.1, 0.15) is 5.60 Å². The normalized spacial score (nSPS) is 14.3. The fourth-order valence-corrected chi connectivity index (χ4v) is 2.48. The quantitative estimate of drug-likeness (QED) is 0.300. The first-order valence-corrected chi connectivity index (χ1v) is 8.73. The van der Waals surface area contributed by atoms with E-state index in [9.17, 15) is 0 Å². The standard InChI is InChI=1S/C19H32N2O2/c1-7-13-16(4)20-21-18(5,6)22-23-19(8-2,9-3)17-14-11-10-12-15-17/h10-12,14-16H,7-9,13H2,1-6H3. The summed E-state index contributed by atoms with van der Waals surface area (Å²) in [4.78, 5) is 11.6. The minimum Gasteiger partial charge on any atom is -0.223 e. The number of hydrogen-bond donors (Lipinski definition) is 0.